The van der Waals surface area contributed by atoms with Crippen LogP contribution >= 0.6 is 0 Å². The zero-order valence-electron chi connectivity index (χ0n) is 13.8. The maximum atomic E-state index is 12.7. The summed E-state index contributed by atoms with van der Waals surface area (Å²) in [6, 6.07) is 15.6. The number of benzene rings is 2. The lowest BCUT2D eigenvalue weighted by molar-refractivity contribution is 0.101. The first kappa shape index (κ1) is 16.4. The molecule has 3 aromatic rings. The van der Waals surface area contributed by atoms with E-state index in [1.807, 2.05) is 18.2 Å². The molecule has 25 heavy (non-hydrogen) atoms. The van der Waals surface area contributed by atoms with Crippen LogP contribution in [0.1, 0.15) is 27.6 Å². The van der Waals surface area contributed by atoms with Gasteiger partial charge in [-0.1, -0.05) is 42.5 Å². The highest BCUT2D eigenvalue weighted by Crippen LogP contribution is 2.22. The normalized spacial score (nSPS) is 10.5. The zero-order valence-corrected chi connectivity index (χ0v) is 13.8. The van der Waals surface area contributed by atoms with E-state index in [1.54, 1.807) is 43.4 Å². The molecule has 1 amide bonds. The number of aryl methyl sites for hydroxylation is 1. The van der Waals surface area contributed by atoms with Gasteiger partial charge in [0.25, 0.3) is 5.91 Å². The van der Waals surface area contributed by atoms with Crippen molar-refractivity contribution in [2.75, 3.05) is 5.32 Å². The van der Waals surface area contributed by atoms with Crippen LogP contribution in [-0.2, 0) is 7.05 Å². The topological polar surface area (TPSA) is 81.3 Å². The number of anilines is 1. The third-order valence-corrected chi connectivity index (χ3v) is 3.78. The zero-order chi connectivity index (χ0) is 18.0. The lowest BCUT2D eigenvalue weighted by Gasteiger charge is -2.07. The molecule has 0 atom stereocenters. The van der Waals surface area contributed by atoms with Crippen LogP contribution in [0.5, 0.6) is 0 Å². The Labute approximate surface area is 143 Å². The lowest BCUT2D eigenvalue weighted by Crippen LogP contribution is -2.19. The second kappa shape index (κ2) is 6.60. The van der Waals surface area contributed by atoms with Gasteiger partial charge in [-0.15, -0.1) is 0 Å². The maximum absolute atomic E-state index is 12.7. The van der Waals surface area contributed by atoms with Crippen LogP contribution in [0.3, 0.4) is 0 Å². The molecule has 1 aromatic heterocycles. The smallest absolute Gasteiger partial charge is 0.335 e. The van der Waals surface area contributed by atoms with Crippen LogP contribution in [0.15, 0.2) is 63.9 Å². The Balaban J connectivity index is 2.00. The van der Waals surface area contributed by atoms with E-state index in [4.69, 9.17) is 4.52 Å². The Kier molecular flexibility index (Phi) is 4.35. The highest BCUT2D eigenvalue weighted by Gasteiger charge is 2.23. The van der Waals surface area contributed by atoms with E-state index in [1.165, 1.54) is 11.7 Å². The first-order valence-corrected chi connectivity index (χ1v) is 7.65. The number of hydrogen-bond donors (Lipinski definition) is 1. The second-order valence-electron chi connectivity index (χ2n) is 5.56. The van der Waals surface area contributed by atoms with Gasteiger partial charge in [0.15, 0.2) is 11.3 Å². The molecule has 126 valence electrons. The molecular formula is C19H16N2O4. The molecule has 0 aliphatic rings. The lowest BCUT2D eigenvalue weighted by atomic mass is 10.1. The van der Waals surface area contributed by atoms with E-state index >= 15 is 0 Å². The molecule has 0 aliphatic carbocycles. The number of ketones is 1. The summed E-state index contributed by atoms with van der Waals surface area (Å²) in [6.45, 7) is 1.44. The van der Waals surface area contributed by atoms with Crippen LogP contribution in [0.25, 0.3) is 11.3 Å². The fraction of sp³-hybridized carbons (Fsp3) is 0.105. The van der Waals surface area contributed by atoms with Gasteiger partial charge in [0.1, 0.15) is 5.69 Å². The molecule has 3 rings (SSSR count). The van der Waals surface area contributed by atoms with Gasteiger partial charge in [-0.3, -0.25) is 9.59 Å². The molecule has 2 aromatic carbocycles. The second-order valence-corrected chi connectivity index (χ2v) is 5.56. The number of carbonyl (C=O) groups is 2. The molecular weight excluding hydrogens is 320 g/mol. The molecule has 1 N–H and O–H groups in total. The molecule has 6 heteroatoms. The monoisotopic (exact) mass is 336 g/mol. The Morgan fingerprint density at radius 1 is 1.04 bits per heavy atom. The Hall–Kier alpha value is -3.41. The molecule has 0 saturated heterocycles. The average molecular weight is 336 g/mol. The van der Waals surface area contributed by atoms with Crippen LogP contribution in [-0.4, -0.2) is 16.4 Å². The summed E-state index contributed by atoms with van der Waals surface area (Å²) in [5.74, 6) is -0.700. The molecule has 0 unspecified atom stereocenters. The van der Waals surface area contributed by atoms with Gasteiger partial charge in [-0.25, -0.2) is 9.53 Å². The van der Waals surface area contributed by atoms with Crippen molar-refractivity contribution in [2.24, 2.45) is 7.05 Å². The number of nitrogens with zero attached hydrogens (tertiary/aromatic N) is 1. The number of amides is 1. The van der Waals surface area contributed by atoms with E-state index in [0.717, 1.165) is 0 Å². The molecule has 1 heterocycles. The fourth-order valence-electron chi connectivity index (χ4n) is 2.60. The highest BCUT2D eigenvalue weighted by atomic mass is 16.5. The quantitative estimate of drug-likeness (QED) is 0.742. The highest BCUT2D eigenvalue weighted by molar-refractivity contribution is 6.08. The first-order chi connectivity index (χ1) is 12.0. The van der Waals surface area contributed by atoms with Crippen LogP contribution in [0.4, 0.5) is 5.69 Å². The van der Waals surface area contributed by atoms with Gasteiger partial charge in [0.05, 0.1) is 0 Å². The Morgan fingerprint density at radius 2 is 1.76 bits per heavy atom. The molecule has 0 spiro atoms. The van der Waals surface area contributed by atoms with Crippen molar-refractivity contribution in [1.29, 1.82) is 0 Å². The van der Waals surface area contributed by atoms with Gasteiger partial charge in [0, 0.05) is 23.9 Å². The maximum Gasteiger partial charge on any atom is 0.370 e. The van der Waals surface area contributed by atoms with Gasteiger partial charge in [-0.2, -0.15) is 0 Å². The van der Waals surface area contributed by atoms with Gasteiger partial charge < -0.3 is 9.84 Å². The molecule has 0 saturated carbocycles. The number of carbonyl (C=O) groups excluding carboxylic acids is 2. The van der Waals surface area contributed by atoms with Crippen molar-refractivity contribution in [2.45, 2.75) is 6.92 Å². The van der Waals surface area contributed by atoms with Crippen molar-refractivity contribution in [1.82, 2.24) is 4.74 Å². The van der Waals surface area contributed by atoms with E-state index in [2.05, 4.69) is 5.32 Å². The summed E-state index contributed by atoms with van der Waals surface area (Å²) in [5, 5.41) is 2.65. The van der Waals surface area contributed by atoms with E-state index in [0.29, 0.717) is 22.5 Å². The van der Waals surface area contributed by atoms with Crippen molar-refractivity contribution in [3.63, 3.8) is 0 Å². The van der Waals surface area contributed by atoms with E-state index in [-0.39, 0.29) is 11.3 Å². The predicted molar refractivity (Wildman–Crippen MR) is 93.8 cm³/mol. The number of Topliss-reactive ketones (excluding diaryl/α,β-unsaturated/α-hetero) is 1. The minimum atomic E-state index is -0.721. The standard InChI is InChI=1S/C19H16N2O4/c1-12(22)14-9-6-10-15(11-14)20-18(23)16-17(21(2)25-19(16)24)13-7-4-3-5-8-13/h3-11H,1-2H3,(H,20,23). The molecule has 0 aliphatic heterocycles. The SMILES string of the molecule is CC(=O)c1cccc(NC(=O)c2c(-c3ccccc3)n(C)oc2=O)c1. The van der Waals surface area contributed by atoms with Crippen molar-refractivity contribution in [3.8, 4) is 11.3 Å². The van der Waals surface area contributed by atoms with Crippen LogP contribution < -0.4 is 10.9 Å². The summed E-state index contributed by atoms with van der Waals surface area (Å²) in [4.78, 5) is 36.3. The van der Waals surface area contributed by atoms with Crippen molar-refractivity contribution < 1.29 is 14.1 Å². The molecule has 0 fully saturated rings. The Bertz CT molecular complexity index is 1000. The summed E-state index contributed by atoms with van der Waals surface area (Å²) in [5.41, 5.74) is 1.19. The summed E-state index contributed by atoms with van der Waals surface area (Å²) < 4.78 is 6.34. The minimum absolute atomic E-state index is 0.0815. The van der Waals surface area contributed by atoms with Gasteiger partial charge >= 0.3 is 5.63 Å². The summed E-state index contributed by atoms with van der Waals surface area (Å²) >= 11 is 0. The van der Waals surface area contributed by atoms with E-state index < -0.39 is 11.5 Å². The molecule has 0 radical (unpaired) electrons. The van der Waals surface area contributed by atoms with Crippen LogP contribution in [0.2, 0.25) is 0 Å². The number of rotatable bonds is 4. The minimum Gasteiger partial charge on any atom is -0.335 e. The first-order valence-electron chi connectivity index (χ1n) is 7.65. The summed E-state index contributed by atoms with van der Waals surface area (Å²) in [6.07, 6.45) is 0. The third kappa shape index (κ3) is 3.28. The largest absolute Gasteiger partial charge is 0.370 e. The molecule has 0 bridgehead atoms. The molecule has 6 nitrogen and oxygen atoms in total. The third-order valence-electron chi connectivity index (χ3n) is 3.78. The summed E-state index contributed by atoms with van der Waals surface area (Å²) in [7, 11) is 1.57. The van der Waals surface area contributed by atoms with E-state index in [9.17, 15) is 14.4 Å². The van der Waals surface area contributed by atoms with Crippen LogP contribution in [0, 0.1) is 0 Å². The van der Waals surface area contributed by atoms with Crippen molar-refractivity contribution in [3.05, 3.63) is 76.1 Å². The average Bonchev–Trinajstić information content (AvgIpc) is 2.90. The van der Waals surface area contributed by atoms with Gasteiger partial charge in [-0.05, 0) is 19.1 Å². The van der Waals surface area contributed by atoms with Gasteiger partial charge in [0.2, 0.25) is 0 Å². The predicted octanol–water partition coefficient (Wildman–Crippen LogP) is 3.10. The number of nitrogens with one attached hydrogen (secondary N) is 1. The number of aromatic nitrogens is 1. The van der Waals surface area contributed by atoms with Crippen molar-refractivity contribution >= 4 is 17.4 Å². The fourth-order valence-corrected chi connectivity index (χ4v) is 2.60. The Morgan fingerprint density at radius 3 is 2.44 bits per heavy atom. The number of hydrogen-bond acceptors (Lipinski definition) is 4.